The normalized spacial score (nSPS) is 11.2. The zero-order valence-corrected chi connectivity index (χ0v) is 34.8. The van der Waals surface area contributed by atoms with Crippen molar-refractivity contribution in [3.8, 4) is 66.8 Å². The minimum absolute atomic E-state index is 1.07. The monoisotopic (exact) mass is 801 g/mol. The van der Waals surface area contributed by atoms with Crippen molar-refractivity contribution in [2.75, 3.05) is 4.90 Å². The van der Waals surface area contributed by atoms with E-state index in [4.69, 9.17) is 0 Å². The molecule has 0 spiro atoms. The van der Waals surface area contributed by atoms with E-state index in [1.807, 2.05) is 0 Å². The van der Waals surface area contributed by atoms with E-state index < -0.39 is 0 Å². The van der Waals surface area contributed by atoms with Gasteiger partial charge in [-0.3, -0.25) is 0 Å². The summed E-state index contributed by atoms with van der Waals surface area (Å²) in [6.45, 7) is 0. The van der Waals surface area contributed by atoms with Crippen LogP contribution in [0.1, 0.15) is 0 Å². The van der Waals surface area contributed by atoms with Gasteiger partial charge in [0.2, 0.25) is 0 Å². The van der Waals surface area contributed by atoms with Crippen LogP contribution in [0.5, 0.6) is 0 Å². The number of hydrogen-bond acceptors (Lipinski definition) is 1. The van der Waals surface area contributed by atoms with Gasteiger partial charge in [0.25, 0.3) is 0 Å². The van der Waals surface area contributed by atoms with Crippen molar-refractivity contribution >= 4 is 38.6 Å². The fourth-order valence-corrected chi connectivity index (χ4v) is 9.19. The summed E-state index contributed by atoms with van der Waals surface area (Å²) < 4.78 is 0. The Morgan fingerprint density at radius 1 is 0.206 bits per heavy atom. The number of nitrogens with zero attached hydrogens (tertiary/aromatic N) is 1. The molecule has 0 aliphatic carbocycles. The molecule has 11 aromatic rings. The first-order chi connectivity index (χ1) is 31.2. The molecule has 0 aromatic heterocycles. The van der Waals surface area contributed by atoms with E-state index in [0.29, 0.717) is 0 Å². The summed E-state index contributed by atoms with van der Waals surface area (Å²) in [5.74, 6) is 0. The lowest BCUT2D eigenvalue weighted by atomic mass is 9.83. The van der Waals surface area contributed by atoms with Crippen molar-refractivity contribution in [2.24, 2.45) is 0 Å². The summed E-state index contributed by atoms with van der Waals surface area (Å²) in [5.41, 5.74) is 17.5. The standard InChI is InChI=1S/C62H43N/c1-5-18-44(19-6-1)46-32-34-48(35-33-46)51-27-17-28-54(40-51)63(53-38-36-47(37-39-53)45-20-7-2-8-21-45)55-42-59(49-22-9-3-10-23-49)62(60(43-55)50-24-11-4-12-25-50)61-41-52-26-13-14-29-56(52)57-30-15-16-31-58(57)61/h1-43H. The van der Waals surface area contributed by atoms with E-state index in [0.717, 1.165) is 33.8 Å². The van der Waals surface area contributed by atoms with Crippen molar-refractivity contribution in [2.45, 2.75) is 0 Å². The van der Waals surface area contributed by atoms with Gasteiger partial charge in [-0.15, -0.1) is 0 Å². The molecule has 296 valence electrons. The van der Waals surface area contributed by atoms with Crippen LogP contribution < -0.4 is 4.90 Å². The quantitative estimate of drug-likeness (QED) is 0.131. The third kappa shape index (κ3) is 7.37. The molecule has 11 rings (SSSR count). The van der Waals surface area contributed by atoms with E-state index >= 15 is 0 Å². The van der Waals surface area contributed by atoms with Crippen molar-refractivity contribution in [1.29, 1.82) is 0 Å². The molecule has 0 unspecified atom stereocenters. The number of fused-ring (bicyclic) bond motifs is 3. The van der Waals surface area contributed by atoms with E-state index in [2.05, 4.69) is 266 Å². The molecular formula is C62H43N. The Bertz CT molecular complexity index is 3280. The Morgan fingerprint density at radius 2 is 0.619 bits per heavy atom. The van der Waals surface area contributed by atoms with E-state index in [9.17, 15) is 0 Å². The molecule has 0 aliphatic rings. The fourth-order valence-electron chi connectivity index (χ4n) is 9.19. The van der Waals surface area contributed by atoms with Crippen LogP contribution in [0.3, 0.4) is 0 Å². The molecule has 11 aromatic carbocycles. The average Bonchev–Trinajstić information content (AvgIpc) is 3.37. The lowest BCUT2D eigenvalue weighted by Gasteiger charge is -2.29. The first-order valence-electron chi connectivity index (χ1n) is 21.7. The summed E-state index contributed by atoms with van der Waals surface area (Å²) in [6.07, 6.45) is 0. The van der Waals surface area contributed by atoms with Crippen molar-refractivity contribution < 1.29 is 0 Å². The van der Waals surface area contributed by atoms with Gasteiger partial charge in [0.05, 0.1) is 0 Å². The zero-order valence-electron chi connectivity index (χ0n) is 34.8. The highest BCUT2D eigenvalue weighted by atomic mass is 15.1. The highest BCUT2D eigenvalue weighted by Crippen LogP contribution is 2.49. The molecule has 0 heterocycles. The SMILES string of the molecule is c1ccc(-c2ccc(-c3cccc(N(c4ccc(-c5ccccc5)cc4)c4cc(-c5ccccc5)c(-c5cc6ccccc6c6ccccc56)c(-c5ccccc5)c4)c3)cc2)cc1. The van der Waals surface area contributed by atoms with E-state index in [1.165, 1.54) is 71.6 Å². The van der Waals surface area contributed by atoms with Gasteiger partial charge in [0.1, 0.15) is 0 Å². The summed E-state index contributed by atoms with van der Waals surface area (Å²) >= 11 is 0. The molecule has 0 N–H and O–H groups in total. The largest absolute Gasteiger partial charge is 0.310 e. The maximum atomic E-state index is 2.43. The highest BCUT2D eigenvalue weighted by molar-refractivity contribution is 6.16. The lowest BCUT2D eigenvalue weighted by Crippen LogP contribution is -2.11. The summed E-state index contributed by atoms with van der Waals surface area (Å²) in [4.78, 5) is 2.43. The molecule has 1 nitrogen and oxygen atoms in total. The first-order valence-corrected chi connectivity index (χ1v) is 21.7. The first kappa shape index (κ1) is 37.7. The van der Waals surface area contributed by atoms with Gasteiger partial charge in [0.15, 0.2) is 0 Å². The zero-order chi connectivity index (χ0) is 42.0. The molecule has 0 bridgehead atoms. The van der Waals surface area contributed by atoms with Gasteiger partial charge < -0.3 is 4.90 Å². The molecule has 0 atom stereocenters. The number of rotatable bonds is 9. The predicted molar refractivity (Wildman–Crippen MR) is 269 cm³/mol. The van der Waals surface area contributed by atoms with E-state index in [1.54, 1.807) is 0 Å². The summed E-state index contributed by atoms with van der Waals surface area (Å²) in [7, 11) is 0. The fraction of sp³-hybridized carbons (Fsp3) is 0. The van der Waals surface area contributed by atoms with Gasteiger partial charge >= 0.3 is 0 Å². The van der Waals surface area contributed by atoms with Gasteiger partial charge in [-0.05, 0) is 131 Å². The molecule has 0 aliphatic heterocycles. The average molecular weight is 802 g/mol. The van der Waals surface area contributed by atoms with Crippen molar-refractivity contribution in [3.63, 3.8) is 0 Å². The van der Waals surface area contributed by atoms with Gasteiger partial charge in [-0.1, -0.05) is 218 Å². The molecule has 0 saturated heterocycles. The van der Waals surface area contributed by atoms with Gasteiger partial charge in [-0.25, -0.2) is 0 Å². The Labute approximate surface area is 369 Å². The van der Waals surface area contributed by atoms with Gasteiger partial charge in [0, 0.05) is 17.1 Å². The minimum Gasteiger partial charge on any atom is -0.310 e. The molecular weight excluding hydrogens is 759 g/mol. The molecule has 0 radical (unpaired) electrons. The molecule has 0 fully saturated rings. The maximum Gasteiger partial charge on any atom is 0.0474 e. The molecule has 0 saturated carbocycles. The highest BCUT2D eigenvalue weighted by Gasteiger charge is 2.23. The molecule has 1 heteroatoms. The van der Waals surface area contributed by atoms with Gasteiger partial charge in [-0.2, -0.15) is 0 Å². The third-order valence-corrected chi connectivity index (χ3v) is 12.3. The topological polar surface area (TPSA) is 3.24 Å². The van der Waals surface area contributed by atoms with Crippen LogP contribution in [0.4, 0.5) is 17.1 Å². The van der Waals surface area contributed by atoms with Crippen molar-refractivity contribution in [1.82, 2.24) is 0 Å². The number of hydrogen-bond donors (Lipinski definition) is 0. The van der Waals surface area contributed by atoms with Crippen LogP contribution in [0.15, 0.2) is 261 Å². The predicted octanol–water partition coefficient (Wildman–Crippen LogP) is 17.5. The third-order valence-electron chi connectivity index (χ3n) is 12.3. The number of anilines is 3. The summed E-state index contributed by atoms with van der Waals surface area (Å²) in [5, 5.41) is 4.97. The van der Waals surface area contributed by atoms with Crippen LogP contribution >= 0.6 is 0 Å². The second-order valence-electron chi connectivity index (χ2n) is 16.1. The maximum absolute atomic E-state index is 2.43. The Hall–Kier alpha value is -8.26. The second kappa shape index (κ2) is 16.7. The van der Waals surface area contributed by atoms with Crippen molar-refractivity contribution in [3.05, 3.63) is 261 Å². The lowest BCUT2D eigenvalue weighted by molar-refractivity contribution is 1.28. The van der Waals surface area contributed by atoms with Crippen LogP contribution in [0.25, 0.3) is 88.3 Å². The number of benzene rings is 11. The Morgan fingerprint density at radius 3 is 1.17 bits per heavy atom. The van der Waals surface area contributed by atoms with Crippen LogP contribution in [0, 0.1) is 0 Å². The second-order valence-corrected chi connectivity index (χ2v) is 16.1. The Kier molecular flexibility index (Phi) is 9.97. The minimum atomic E-state index is 1.07. The van der Waals surface area contributed by atoms with Crippen LogP contribution in [0.2, 0.25) is 0 Å². The summed E-state index contributed by atoms with van der Waals surface area (Å²) in [6, 6.07) is 94.8. The van der Waals surface area contributed by atoms with Crippen LogP contribution in [-0.2, 0) is 0 Å². The molecule has 0 amide bonds. The van der Waals surface area contributed by atoms with E-state index in [-0.39, 0.29) is 0 Å². The van der Waals surface area contributed by atoms with Crippen LogP contribution in [-0.4, -0.2) is 0 Å². The smallest absolute Gasteiger partial charge is 0.0474 e. The molecule has 63 heavy (non-hydrogen) atoms. The Balaban J connectivity index is 1.16.